The van der Waals surface area contributed by atoms with E-state index >= 15 is 0 Å². The smallest absolute Gasteiger partial charge is 0.224 e. The molecule has 2 N–H and O–H groups in total. The second-order valence-corrected chi connectivity index (χ2v) is 9.78. The van der Waals surface area contributed by atoms with Crippen LogP contribution < -0.4 is 5.32 Å². The van der Waals surface area contributed by atoms with Gasteiger partial charge in [-0.05, 0) is 49.8 Å². The predicted octanol–water partition coefficient (Wildman–Crippen LogP) is 5.11. The molecule has 3 unspecified atom stereocenters. The highest BCUT2D eigenvalue weighted by atomic mass is 35.5. The molecule has 1 aromatic heterocycles. The van der Waals surface area contributed by atoms with Crippen molar-refractivity contribution in [2.24, 2.45) is 17.8 Å². The average molecular weight is 472 g/mol. The van der Waals surface area contributed by atoms with Gasteiger partial charge in [0.15, 0.2) is 5.78 Å². The number of benzene rings is 1. The number of nitrogens with zero attached hydrogens (tertiary/aromatic N) is 1. The van der Waals surface area contributed by atoms with Gasteiger partial charge < -0.3 is 10.3 Å². The topological polar surface area (TPSA) is 103 Å². The fraction of sp³-hybridized carbons (Fsp3) is 0.520. The van der Waals surface area contributed by atoms with Crippen molar-refractivity contribution in [2.45, 2.75) is 63.8 Å². The first-order valence-electron chi connectivity index (χ1n) is 11.6. The SMILES string of the molecule is N#CC(CC1CCCCC1=O)NC(=O)C(CC(=O)c1cc2cc(F)cc(Cl)c2[nH]1)CC1CC1. The second kappa shape index (κ2) is 10.0. The van der Waals surface area contributed by atoms with Crippen molar-refractivity contribution in [2.75, 3.05) is 0 Å². The Hall–Kier alpha value is -2.72. The van der Waals surface area contributed by atoms with Crippen LogP contribution in [-0.4, -0.2) is 28.5 Å². The van der Waals surface area contributed by atoms with Gasteiger partial charge in [0, 0.05) is 30.1 Å². The zero-order chi connectivity index (χ0) is 23.5. The lowest BCUT2D eigenvalue weighted by molar-refractivity contribution is -0.127. The lowest BCUT2D eigenvalue weighted by atomic mass is 9.83. The number of fused-ring (bicyclic) bond motifs is 1. The number of carbonyl (C=O) groups excluding carboxylic acids is 3. The summed E-state index contributed by atoms with van der Waals surface area (Å²) in [5.74, 6) is -1.28. The zero-order valence-electron chi connectivity index (χ0n) is 18.3. The van der Waals surface area contributed by atoms with Gasteiger partial charge in [-0.1, -0.05) is 30.9 Å². The van der Waals surface area contributed by atoms with Gasteiger partial charge in [0.25, 0.3) is 0 Å². The first-order valence-corrected chi connectivity index (χ1v) is 12.0. The van der Waals surface area contributed by atoms with Crippen molar-refractivity contribution in [3.05, 3.63) is 34.7 Å². The standard InChI is InChI=1S/C25H27ClFN3O3/c26-20-12-18(27)8-16-10-21(30-24(16)20)23(32)11-17(7-14-5-6-14)25(33)29-19(13-28)9-15-3-1-2-4-22(15)31/h8,10,12,14-15,17,19,30H,1-7,9,11H2,(H,29,33). The van der Waals surface area contributed by atoms with E-state index in [9.17, 15) is 24.0 Å². The molecular formula is C25H27ClFN3O3. The summed E-state index contributed by atoms with van der Waals surface area (Å²) in [6.07, 6.45) is 6.06. The first kappa shape index (κ1) is 23.4. The fourth-order valence-corrected chi connectivity index (χ4v) is 4.97. The fourth-order valence-electron chi connectivity index (χ4n) is 4.71. The van der Waals surface area contributed by atoms with Gasteiger partial charge in [-0.3, -0.25) is 14.4 Å². The van der Waals surface area contributed by atoms with Crippen LogP contribution in [0.3, 0.4) is 0 Å². The number of carbonyl (C=O) groups is 3. The molecule has 1 aromatic carbocycles. The molecule has 2 fully saturated rings. The van der Waals surface area contributed by atoms with Gasteiger partial charge in [-0.15, -0.1) is 0 Å². The van der Waals surface area contributed by atoms with E-state index in [0.29, 0.717) is 36.1 Å². The molecular weight excluding hydrogens is 445 g/mol. The Balaban J connectivity index is 1.44. The van der Waals surface area contributed by atoms with E-state index in [2.05, 4.69) is 16.4 Å². The summed E-state index contributed by atoms with van der Waals surface area (Å²) in [5, 5.41) is 13.0. The van der Waals surface area contributed by atoms with E-state index in [4.69, 9.17) is 11.6 Å². The molecule has 3 atom stereocenters. The highest BCUT2D eigenvalue weighted by Crippen LogP contribution is 2.37. The Morgan fingerprint density at radius 2 is 2.00 bits per heavy atom. The summed E-state index contributed by atoms with van der Waals surface area (Å²) in [6.45, 7) is 0. The first-order chi connectivity index (χ1) is 15.8. The molecule has 174 valence electrons. The van der Waals surface area contributed by atoms with Crippen LogP contribution >= 0.6 is 11.6 Å². The average Bonchev–Trinajstić information content (AvgIpc) is 3.49. The number of H-pyrrole nitrogens is 1. The minimum absolute atomic E-state index is 0.0181. The Morgan fingerprint density at radius 1 is 1.21 bits per heavy atom. The van der Waals surface area contributed by atoms with Crippen molar-refractivity contribution in [3.8, 4) is 6.07 Å². The predicted molar refractivity (Wildman–Crippen MR) is 122 cm³/mol. The Kier molecular flexibility index (Phi) is 7.14. The van der Waals surface area contributed by atoms with Crippen LogP contribution in [0.4, 0.5) is 4.39 Å². The van der Waals surface area contributed by atoms with Crippen molar-refractivity contribution in [1.29, 1.82) is 5.26 Å². The summed E-state index contributed by atoms with van der Waals surface area (Å²) in [4.78, 5) is 41.1. The molecule has 2 aliphatic carbocycles. The van der Waals surface area contributed by atoms with E-state index in [1.807, 2.05) is 0 Å². The van der Waals surface area contributed by atoms with Gasteiger partial charge in [0.05, 0.1) is 22.3 Å². The van der Waals surface area contributed by atoms with Crippen molar-refractivity contribution in [3.63, 3.8) is 0 Å². The third-order valence-corrected chi connectivity index (χ3v) is 7.03. The summed E-state index contributed by atoms with van der Waals surface area (Å²) < 4.78 is 13.6. The van der Waals surface area contributed by atoms with Crippen LogP contribution in [0.2, 0.25) is 5.02 Å². The molecule has 2 aromatic rings. The van der Waals surface area contributed by atoms with Crippen LogP contribution in [0.5, 0.6) is 0 Å². The van der Waals surface area contributed by atoms with Crippen LogP contribution in [0, 0.1) is 34.9 Å². The van der Waals surface area contributed by atoms with Crippen LogP contribution in [0.1, 0.15) is 68.3 Å². The van der Waals surface area contributed by atoms with Crippen molar-refractivity contribution >= 4 is 40.0 Å². The number of halogens is 2. The second-order valence-electron chi connectivity index (χ2n) is 9.37. The number of hydrogen-bond donors (Lipinski definition) is 2. The van der Waals surface area contributed by atoms with Gasteiger partial charge in [-0.25, -0.2) is 4.39 Å². The van der Waals surface area contributed by atoms with Crippen LogP contribution in [0.25, 0.3) is 10.9 Å². The monoisotopic (exact) mass is 471 g/mol. The highest BCUT2D eigenvalue weighted by Gasteiger charge is 2.33. The maximum Gasteiger partial charge on any atom is 0.224 e. The number of nitrogens with one attached hydrogen (secondary N) is 2. The maximum atomic E-state index is 13.6. The summed E-state index contributed by atoms with van der Waals surface area (Å²) in [6, 6.07) is 5.38. The third-order valence-electron chi connectivity index (χ3n) is 6.74. The molecule has 2 saturated carbocycles. The number of aromatic nitrogens is 1. The quantitative estimate of drug-likeness (QED) is 0.496. The van der Waals surface area contributed by atoms with Gasteiger partial charge in [0.2, 0.25) is 5.91 Å². The minimum atomic E-state index is -0.754. The zero-order valence-corrected chi connectivity index (χ0v) is 19.1. The number of Topliss-reactive ketones (excluding diaryl/α,β-unsaturated/α-hetero) is 2. The third kappa shape index (κ3) is 5.80. The minimum Gasteiger partial charge on any atom is -0.351 e. The maximum absolute atomic E-state index is 13.6. The largest absolute Gasteiger partial charge is 0.351 e. The Labute approximate surface area is 196 Å². The molecule has 2 aliphatic rings. The number of nitriles is 1. The Morgan fingerprint density at radius 3 is 2.70 bits per heavy atom. The molecule has 0 spiro atoms. The number of aromatic amines is 1. The molecule has 33 heavy (non-hydrogen) atoms. The number of hydrogen-bond acceptors (Lipinski definition) is 4. The molecule has 1 amide bonds. The molecule has 1 heterocycles. The van der Waals surface area contributed by atoms with Crippen LogP contribution in [0.15, 0.2) is 18.2 Å². The summed E-state index contributed by atoms with van der Waals surface area (Å²) in [7, 11) is 0. The molecule has 4 rings (SSSR count). The number of amides is 1. The van der Waals surface area contributed by atoms with E-state index in [0.717, 1.165) is 32.1 Å². The molecule has 6 nitrogen and oxygen atoms in total. The lowest BCUT2D eigenvalue weighted by Gasteiger charge is -2.24. The van der Waals surface area contributed by atoms with E-state index in [1.165, 1.54) is 12.1 Å². The summed E-state index contributed by atoms with van der Waals surface area (Å²) >= 11 is 6.08. The van der Waals surface area contributed by atoms with E-state index in [-0.39, 0.29) is 40.5 Å². The summed E-state index contributed by atoms with van der Waals surface area (Å²) in [5.41, 5.74) is 0.752. The van der Waals surface area contributed by atoms with Gasteiger partial charge in [0.1, 0.15) is 17.6 Å². The molecule has 0 bridgehead atoms. The number of ketones is 2. The van der Waals surface area contributed by atoms with Crippen molar-refractivity contribution < 1.29 is 18.8 Å². The highest BCUT2D eigenvalue weighted by molar-refractivity contribution is 6.35. The van der Waals surface area contributed by atoms with E-state index in [1.54, 1.807) is 6.07 Å². The molecule has 8 heteroatoms. The molecule has 0 aliphatic heterocycles. The molecule has 0 radical (unpaired) electrons. The normalized spacial score (nSPS) is 20.3. The van der Waals surface area contributed by atoms with Gasteiger partial charge >= 0.3 is 0 Å². The van der Waals surface area contributed by atoms with Crippen molar-refractivity contribution in [1.82, 2.24) is 10.3 Å². The van der Waals surface area contributed by atoms with Crippen LogP contribution in [-0.2, 0) is 9.59 Å². The Bertz CT molecular complexity index is 1120. The van der Waals surface area contributed by atoms with Gasteiger partial charge in [-0.2, -0.15) is 5.26 Å². The number of rotatable bonds is 9. The lowest BCUT2D eigenvalue weighted by Crippen LogP contribution is -2.41. The molecule has 0 saturated heterocycles. The van der Waals surface area contributed by atoms with E-state index < -0.39 is 17.8 Å².